The third kappa shape index (κ3) is 4.86. The second kappa shape index (κ2) is 9.12. The molecule has 29 heavy (non-hydrogen) atoms. The van der Waals surface area contributed by atoms with E-state index in [1.807, 2.05) is 0 Å². The van der Waals surface area contributed by atoms with Crippen LogP contribution in [0.4, 0.5) is 11.4 Å². The van der Waals surface area contributed by atoms with Crippen LogP contribution in [0.1, 0.15) is 20.7 Å². The van der Waals surface area contributed by atoms with Gasteiger partial charge in [-0.3, -0.25) is 9.59 Å². The number of ether oxygens (including phenoxy) is 2. The van der Waals surface area contributed by atoms with E-state index in [4.69, 9.17) is 21.1 Å². The molecule has 0 radical (unpaired) electrons. The molecule has 0 aliphatic heterocycles. The number of carbonyl (C=O) groups is 2. The summed E-state index contributed by atoms with van der Waals surface area (Å²) >= 11 is 6.04. The number of nitrogens with one attached hydrogen (secondary N) is 2. The lowest BCUT2D eigenvalue weighted by Gasteiger charge is -2.11. The van der Waals surface area contributed by atoms with Crippen LogP contribution in [0.2, 0.25) is 5.02 Å². The molecule has 0 unspecified atom stereocenters. The number of methoxy groups -OCH3 is 2. The summed E-state index contributed by atoms with van der Waals surface area (Å²) < 4.78 is 10.4. The third-order valence-corrected chi connectivity index (χ3v) is 4.49. The van der Waals surface area contributed by atoms with Gasteiger partial charge in [-0.15, -0.1) is 0 Å². The molecule has 0 heterocycles. The van der Waals surface area contributed by atoms with Crippen LogP contribution >= 0.6 is 11.6 Å². The molecule has 0 saturated carbocycles. The summed E-state index contributed by atoms with van der Waals surface area (Å²) in [4.78, 5) is 24.8. The average molecular weight is 411 g/mol. The Morgan fingerprint density at radius 1 is 0.759 bits per heavy atom. The van der Waals surface area contributed by atoms with E-state index in [0.29, 0.717) is 39.0 Å². The number of hydrogen-bond acceptors (Lipinski definition) is 4. The average Bonchev–Trinajstić information content (AvgIpc) is 2.74. The summed E-state index contributed by atoms with van der Waals surface area (Å²) in [5.74, 6) is 0.414. The molecule has 3 aromatic carbocycles. The molecular weight excluding hydrogens is 392 g/mol. The van der Waals surface area contributed by atoms with Gasteiger partial charge in [-0.05, 0) is 54.6 Å². The van der Waals surface area contributed by atoms with E-state index in [1.165, 1.54) is 14.2 Å². The molecule has 0 bridgehead atoms. The first-order chi connectivity index (χ1) is 14.0. The van der Waals surface area contributed by atoms with Crippen LogP contribution in [0.3, 0.4) is 0 Å². The number of carbonyl (C=O) groups excluding carboxylic acids is 2. The Morgan fingerprint density at radius 3 is 1.93 bits per heavy atom. The minimum absolute atomic E-state index is 0.293. The van der Waals surface area contributed by atoms with Crippen LogP contribution in [0.15, 0.2) is 66.7 Å². The van der Waals surface area contributed by atoms with Crippen molar-refractivity contribution in [3.05, 3.63) is 82.9 Å². The van der Waals surface area contributed by atoms with Crippen LogP contribution in [0.5, 0.6) is 11.5 Å². The summed E-state index contributed by atoms with van der Waals surface area (Å²) in [6.07, 6.45) is 0. The third-order valence-electron chi connectivity index (χ3n) is 4.16. The SMILES string of the molecule is COc1ccc(C(=O)Nc2ccc(NC(=O)c3ccccc3Cl)cc2)cc1OC. The van der Waals surface area contributed by atoms with Gasteiger partial charge in [0.1, 0.15) is 0 Å². The molecule has 0 atom stereocenters. The quantitative estimate of drug-likeness (QED) is 0.608. The number of anilines is 2. The van der Waals surface area contributed by atoms with Crippen LogP contribution in [0, 0.1) is 0 Å². The minimum Gasteiger partial charge on any atom is -0.493 e. The fraction of sp³-hybridized carbons (Fsp3) is 0.0909. The molecule has 3 rings (SSSR count). The molecule has 0 aliphatic carbocycles. The van der Waals surface area contributed by atoms with Gasteiger partial charge in [0.2, 0.25) is 0 Å². The van der Waals surface area contributed by atoms with Gasteiger partial charge in [-0.25, -0.2) is 0 Å². The smallest absolute Gasteiger partial charge is 0.257 e. The number of hydrogen-bond donors (Lipinski definition) is 2. The van der Waals surface area contributed by atoms with Crippen molar-refractivity contribution in [2.45, 2.75) is 0 Å². The summed E-state index contributed by atoms with van der Waals surface area (Å²) in [5.41, 5.74) is 1.98. The predicted molar refractivity (Wildman–Crippen MR) is 113 cm³/mol. The highest BCUT2D eigenvalue weighted by molar-refractivity contribution is 6.34. The molecule has 2 amide bonds. The van der Waals surface area contributed by atoms with E-state index in [9.17, 15) is 9.59 Å². The van der Waals surface area contributed by atoms with Gasteiger partial charge in [0, 0.05) is 16.9 Å². The van der Waals surface area contributed by atoms with Crippen molar-refractivity contribution in [1.82, 2.24) is 0 Å². The number of rotatable bonds is 6. The molecule has 6 nitrogen and oxygen atoms in total. The van der Waals surface area contributed by atoms with E-state index < -0.39 is 0 Å². The van der Waals surface area contributed by atoms with Crippen molar-refractivity contribution in [1.29, 1.82) is 0 Å². The lowest BCUT2D eigenvalue weighted by atomic mass is 10.1. The monoisotopic (exact) mass is 410 g/mol. The summed E-state index contributed by atoms with van der Waals surface area (Å²) in [5, 5.41) is 5.95. The van der Waals surface area contributed by atoms with Crippen LogP contribution < -0.4 is 20.1 Å². The first kappa shape index (κ1) is 20.2. The Labute approximate surface area is 173 Å². The highest BCUT2D eigenvalue weighted by Crippen LogP contribution is 2.28. The van der Waals surface area contributed by atoms with Gasteiger partial charge in [0.25, 0.3) is 11.8 Å². The van der Waals surface area contributed by atoms with Crippen molar-refractivity contribution in [3.8, 4) is 11.5 Å². The molecule has 0 aromatic heterocycles. The van der Waals surface area contributed by atoms with Gasteiger partial charge in [0.05, 0.1) is 24.8 Å². The van der Waals surface area contributed by atoms with E-state index >= 15 is 0 Å². The van der Waals surface area contributed by atoms with Crippen molar-refractivity contribution < 1.29 is 19.1 Å². The van der Waals surface area contributed by atoms with Crippen LogP contribution in [0.25, 0.3) is 0 Å². The Bertz CT molecular complexity index is 1040. The molecule has 148 valence electrons. The molecule has 0 fully saturated rings. The van der Waals surface area contributed by atoms with Gasteiger partial charge < -0.3 is 20.1 Å². The first-order valence-corrected chi connectivity index (χ1v) is 9.09. The molecule has 0 spiro atoms. The van der Waals surface area contributed by atoms with E-state index in [1.54, 1.807) is 66.7 Å². The number of benzene rings is 3. The van der Waals surface area contributed by atoms with Gasteiger partial charge in [-0.1, -0.05) is 23.7 Å². The zero-order valence-corrected chi connectivity index (χ0v) is 16.6. The van der Waals surface area contributed by atoms with Crippen molar-refractivity contribution in [2.75, 3.05) is 24.9 Å². The predicted octanol–water partition coefficient (Wildman–Crippen LogP) is 4.86. The highest BCUT2D eigenvalue weighted by atomic mass is 35.5. The second-order valence-electron chi connectivity index (χ2n) is 6.04. The van der Waals surface area contributed by atoms with Gasteiger partial charge in [-0.2, -0.15) is 0 Å². The van der Waals surface area contributed by atoms with Crippen molar-refractivity contribution >= 4 is 34.8 Å². The lowest BCUT2D eigenvalue weighted by molar-refractivity contribution is 0.101. The lowest BCUT2D eigenvalue weighted by Crippen LogP contribution is -2.13. The highest BCUT2D eigenvalue weighted by Gasteiger charge is 2.12. The molecule has 0 aliphatic rings. The van der Waals surface area contributed by atoms with E-state index in [2.05, 4.69) is 10.6 Å². The largest absolute Gasteiger partial charge is 0.493 e. The number of amides is 2. The maximum absolute atomic E-state index is 12.5. The van der Waals surface area contributed by atoms with Crippen molar-refractivity contribution in [2.24, 2.45) is 0 Å². The molecule has 0 saturated heterocycles. The summed E-state index contributed by atoms with van der Waals surface area (Å²) in [6, 6.07) is 18.5. The van der Waals surface area contributed by atoms with E-state index in [-0.39, 0.29) is 11.8 Å². The maximum Gasteiger partial charge on any atom is 0.257 e. The van der Waals surface area contributed by atoms with Crippen LogP contribution in [-0.2, 0) is 0 Å². The zero-order valence-electron chi connectivity index (χ0n) is 15.9. The molecular formula is C22H19ClN2O4. The standard InChI is InChI=1S/C22H19ClN2O4/c1-28-19-12-7-14(13-20(19)29-2)21(26)24-15-8-10-16(11-9-15)25-22(27)17-5-3-4-6-18(17)23/h3-13H,1-2H3,(H,24,26)(H,25,27). The zero-order chi connectivity index (χ0) is 20.8. The maximum atomic E-state index is 12.5. The minimum atomic E-state index is -0.308. The first-order valence-electron chi connectivity index (χ1n) is 8.71. The molecule has 7 heteroatoms. The normalized spacial score (nSPS) is 10.2. The summed E-state index contributed by atoms with van der Waals surface area (Å²) in [6.45, 7) is 0. The van der Waals surface area contributed by atoms with Crippen LogP contribution in [-0.4, -0.2) is 26.0 Å². The summed E-state index contributed by atoms with van der Waals surface area (Å²) in [7, 11) is 3.04. The Hall–Kier alpha value is -3.51. The van der Waals surface area contributed by atoms with E-state index in [0.717, 1.165) is 0 Å². The fourth-order valence-corrected chi connectivity index (χ4v) is 2.88. The second-order valence-corrected chi connectivity index (χ2v) is 6.44. The van der Waals surface area contributed by atoms with Gasteiger partial charge in [0.15, 0.2) is 11.5 Å². The fourth-order valence-electron chi connectivity index (χ4n) is 2.66. The Kier molecular flexibility index (Phi) is 6.36. The number of halogens is 1. The topological polar surface area (TPSA) is 76.7 Å². The molecule has 3 aromatic rings. The Balaban J connectivity index is 1.67. The Morgan fingerprint density at radius 2 is 1.34 bits per heavy atom. The molecule has 2 N–H and O–H groups in total. The van der Waals surface area contributed by atoms with Crippen molar-refractivity contribution in [3.63, 3.8) is 0 Å². The van der Waals surface area contributed by atoms with Gasteiger partial charge >= 0.3 is 0 Å².